The summed E-state index contributed by atoms with van der Waals surface area (Å²) in [4.78, 5) is 24.8. The van der Waals surface area contributed by atoms with E-state index in [1.807, 2.05) is 49.4 Å². The number of nitrogens with zero attached hydrogens (tertiary/aromatic N) is 2. The van der Waals surface area contributed by atoms with Gasteiger partial charge in [-0.05, 0) is 36.2 Å². The predicted octanol–water partition coefficient (Wildman–Crippen LogP) is 2.52. The van der Waals surface area contributed by atoms with Gasteiger partial charge in [-0.15, -0.1) is 0 Å². The van der Waals surface area contributed by atoms with Gasteiger partial charge in [-0.2, -0.15) is 5.10 Å². The molecule has 0 aromatic heterocycles. The number of carbonyl (C=O) groups is 2. The number of benzene rings is 2. The lowest BCUT2D eigenvalue weighted by atomic mass is 10.1. The molecule has 2 aromatic carbocycles. The van der Waals surface area contributed by atoms with E-state index < -0.39 is 0 Å². The van der Waals surface area contributed by atoms with Crippen molar-refractivity contribution in [2.45, 2.75) is 26.3 Å². The molecule has 7 heteroatoms. The molecule has 2 aromatic rings. The first-order valence-electron chi connectivity index (χ1n) is 8.74. The molecule has 2 aliphatic rings. The number of aryl methyl sites for hydroxylation is 1. The van der Waals surface area contributed by atoms with Crippen LogP contribution in [0.4, 0.5) is 5.69 Å². The summed E-state index contributed by atoms with van der Waals surface area (Å²) in [5, 5.41) is 8.49. The minimum atomic E-state index is -0.279. The maximum atomic E-state index is 12.5. The number of nitrogens with one attached hydrogen (secondary N) is 1. The van der Waals surface area contributed by atoms with E-state index in [1.54, 1.807) is 0 Å². The Morgan fingerprint density at radius 1 is 1.15 bits per heavy atom. The summed E-state index contributed by atoms with van der Waals surface area (Å²) in [5.74, 6) is 0.984. The maximum Gasteiger partial charge on any atom is 0.267 e. The Morgan fingerprint density at radius 3 is 2.81 bits per heavy atom. The Bertz CT molecular complexity index is 939. The molecule has 0 aliphatic carbocycles. The third kappa shape index (κ3) is 3.48. The number of hydrogen-bond acceptors (Lipinski definition) is 5. The first-order chi connectivity index (χ1) is 13.1. The van der Waals surface area contributed by atoms with E-state index in [-0.39, 0.29) is 25.0 Å². The van der Waals surface area contributed by atoms with Crippen molar-refractivity contribution in [3.63, 3.8) is 0 Å². The molecule has 0 spiro atoms. The van der Waals surface area contributed by atoms with E-state index in [0.717, 1.165) is 11.1 Å². The zero-order valence-electron chi connectivity index (χ0n) is 14.9. The molecule has 138 valence electrons. The zero-order chi connectivity index (χ0) is 18.8. The Balaban J connectivity index is 1.47. The molecule has 0 saturated heterocycles. The fourth-order valence-corrected chi connectivity index (χ4v) is 3.04. The second kappa shape index (κ2) is 7.11. The molecule has 4 rings (SSSR count). The summed E-state index contributed by atoms with van der Waals surface area (Å²) in [6, 6.07) is 13.0. The van der Waals surface area contributed by atoms with Gasteiger partial charge in [-0.25, -0.2) is 5.01 Å². The molecule has 1 N–H and O–H groups in total. The van der Waals surface area contributed by atoms with Crippen LogP contribution >= 0.6 is 0 Å². The number of ether oxygens (including phenoxy) is 2. The van der Waals surface area contributed by atoms with Gasteiger partial charge in [0, 0.05) is 19.4 Å². The molecule has 0 radical (unpaired) electrons. The number of rotatable bonds is 4. The monoisotopic (exact) mass is 365 g/mol. The zero-order valence-corrected chi connectivity index (χ0v) is 14.9. The molecule has 0 bridgehead atoms. The lowest BCUT2D eigenvalue weighted by Gasteiger charge is -2.24. The third-order valence-electron chi connectivity index (χ3n) is 4.53. The quantitative estimate of drug-likeness (QED) is 0.903. The molecule has 0 saturated carbocycles. The van der Waals surface area contributed by atoms with Gasteiger partial charge >= 0.3 is 0 Å². The number of carbonyl (C=O) groups excluding carboxylic acids is 2. The summed E-state index contributed by atoms with van der Waals surface area (Å²) in [6.07, 6.45) is 0.582. The van der Waals surface area contributed by atoms with Crippen LogP contribution in [-0.2, 0) is 16.1 Å². The summed E-state index contributed by atoms with van der Waals surface area (Å²) in [6.45, 7) is 2.46. The van der Waals surface area contributed by atoms with Crippen molar-refractivity contribution in [1.82, 2.24) is 5.32 Å². The SMILES string of the molecule is Cc1ccccc1N1N=C(C(=O)NCc2ccc3c(c2)OCO3)CCC1=O. The molecule has 0 unspecified atom stereocenters. The highest BCUT2D eigenvalue weighted by Gasteiger charge is 2.26. The van der Waals surface area contributed by atoms with Crippen LogP contribution in [-0.4, -0.2) is 24.3 Å². The average Bonchev–Trinajstić information content (AvgIpc) is 3.15. The maximum absolute atomic E-state index is 12.5. The van der Waals surface area contributed by atoms with Crippen molar-refractivity contribution >= 4 is 23.2 Å². The van der Waals surface area contributed by atoms with Crippen LogP contribution in [0.1, 0.15) is 24.0 Å². The van der Waals surface area contributed by atoms with Crippen molar-refractivity contribution in [3.05, 3.63) is 53.6 Å². The van der Waals surface area contributed by atoms with Crippen LogP contribution in [0.5, 0.6) is 11.5 Å². The van der Waals surface area contributed by atoms with Gasteiger partial charge < -0.3 is 14.8 Å². The van der Waals surface area contributed by atoms with E-state index in [2.05, 4.69) is 10.4 Å². The van der Waals surface area contributed by atoms with E-state index >= 15 is 0 Å². The normalized spacial score (nSPS) is 15.5. The predicted molar refractivity (Wildman–Crippen MR) is 99.7 cm³/mol. The summed E-state index contributed by atoms with van der Waals surface area (Å²) < 4.78 is 10.6. The van der Waals surface area contributed by atoms with Crippen molar-refractivity contribution < 1.29 is 19.1 Å². The minimum Gasteiger partial charge on any atom is -0.454 e. The first kappa shape index (κ1) is 17.1. The van der Waals surface area contributed by atoms with Gasteiger partial charge in [0.05, 0.1) is 5.69 Å². The standard InChI is InChI=1S/C20H19N3O4/c1-13-4-2-3-5-16(13)23-19(24)9-7-15(22-23)20(25)21-11-14-6-8-17-18(10-14)27-12-26-17/h2-6,8,10H,7,9,11-12H2,1H3,(H,21,25). The fraction of sp³-hybridized carbons (Fsp3) is 0.250. The molecule has 0 atom stereocenters. The molecular formula is C20H19N3O4. The van der Waals surface area contributed by atoms with Crippen molar-refractivity contribution in [2.24, 2.45) is 5.10 Å². The third-order valence-corrected chi connectivity index (χ3v) is 4.53. The van der Waals surface area contributed by atoms with Crippen LogP contribution in [0.2, 0.25) is 0 Å². The van der Waals surface area contributed by atoms with Gasteiger partial charge in [0.2, 0.25) is 12.7 Å². The van der Waals surface area contributed by atoms with Gasteiger partial charge in [0.25, 0.3) is 5.91 Å². The number of anilines is 1. The van der Waals surface area contributed by atoms with Crippen LogP contribution in [0.25, 0.3) is 0 Å². The highest BCUT2D eigenvalue weighted by molar-refractivity contribution is 6.40. The Hall–Kier alpha value is -3.35. The van der Waals surface area contributed by atoms with Gasteiger partial charge in [-0.3, -0.25) is 9.59 Å². The molecule has 0 fully saturated rings. The van der Waals surface area contributed by atoms with E-state index in [4.69, 9.17) is 9.47 Å². The topological polar surface area (TPSA) is 80.2 Å². The van der Waals surface area contributed by atoms with Crippen LogP contribution < -0.4 is 19.8 Å². The largest absolute Gasteiger partial charge is 0.454 e. The second-order valence-corrected chi connectivity index (χ2v) is 6.41. The minimum absolute atomic E-state index is 0.114. The number of para-hydroxylation sites is 1. The molecule has 2 aliphatic heterocycles. The molecule has 7 nitrogen and oxygen atoms in total. The summed E-state index contributed by atoms with van der Waals surface area (Å²) in [7, 11) is 0. The summed E-state index contributed by atoms with van der Waals surface area (Å²) in [5.41, 5.74) is 2.87. The molecule has 27 heavy (non-hydrogen) atoms. The lowest BCUT2D eigenvalue weighted by molar-refractivity contribution is -0.119. The number of hydrazone groups is 1. The average molecular weight is 365 g/mol. The smallest absolute Gasteiger partial charge is 0.267 e. The van der Waals surface area contributed by atoms with E-state index in [0.29, 0.717) is 35.9 Å². The molecular weight excluding hydrogens is 346 g/mol. The van der Waals surface area contributed by atoms with E-state index in [1.165, 1.54) is 5.01 Å². The van der Waals surface area contributed by atoms with Gasteiger partial charge in [0.1, 0.15) is 5.71 Å². The Labute approximate surface area is 156 Å². The number of fused-ring (bicyclic) bond motifs is 1. The molecule has 2 amide bonds. The van der Waals surface area contributed by atoms with Crippen LogP contribution in [0.15, 0.2) is 47.6 Å². The summed E-state index contributed by atoms with van der Waals surface area (Å²) >= 11 is 0. The second-order valence-electron chi connectivity index (χ2n) is 6.41. The first-order valence-corrected chi connectivity index (χ1v) is 8.74. The highest BCUT2D eigenvalue weighted by atomic mass is 16.7. The van der Waals surface area contributed by atoms with Gasteiger partial charge in [0.15, 0.2) is 11.5 Å². The number of amides is 2. The van der Waals surface area contributed by atoms with Crippen molar-refractivity contribution in [1.29, 1.82) is 0 Å². The van der Waals surface area contributed by atoms with Crippen LogP contribution in [0, 0.1) is 6.92 Å². The Morgan fingerprint density at radius 2 is 1.96 bits per heavy atom. The van der Waals surface area contributed by atoms with Gasteiger partial charge in [-0.1, -0.05) is 24.3 Å². The van der Waals surface area contributed by atoms with Crippen molar-refractivity contribution in [2.75, 3.05) is 11.8 Å². The Kier molecular flexibility index (Phi) is 4.50. The van der Waals surface area contributed by atoms with E-state index in [9.17, 15) is 9.59 Å². The molecule has 2 heterocycles. The number of hydrogen-bond donors (Lipinski definition) is 1. The fourth-order valence-electron chi connectivity index (χ4n) is 3.04. The van der Waals surface area contributed by atoms with Crippen molar-refractivity contribution in [3.8, 4) is 11.5 Å². The lowest BCUT2D eigenvalue weighted by Crippen LogP contribution is -2.39. The highest BCUT2D eigenvalue weighted by Crippen LogP contribution is 2.32. The van der Waals surface area contributed by atoms with Crippen LogP contribution in [0.3, 0.4) is 0 Å².